The predicted octanol–water partition coefficient (Wildman–Crippen LogP) is 2.19. The molecular formula is C8H11B. The highest BCUT2D eigenvalue weighted by Gasteiger charge is 1.83. The van der Waals surface area contributed by atoms with Crippen molar-refractivity contribution < 1.29 is 0 Å². The Morgan fingerprint density at radius 2 is 2.11 bits per heavy atom. The van der Waals surface area contributed by atoms with E-state index < -0.39 is 0 Å². The lowest BCUT2D eigenvalue weighted by atomic mass is 9.90. The standard InChI is InChI=1S/C8H11B/c1-4-6-8(9)7(3)5-2/h4-6H,2H2,1,3H3/b6-4-,8-7+. The van der Waals surface area contributed by atoms with Crippen LogP contribution in [-0.4, -0.2) is 7.85 Å². The lowest BCUT2D eigenvalue weighted by Crippen LogP contribution is -1.79. The fraction of sp³-hybridized carbons (Fsp3) is 0.250. The van der Waals surface area contributed by atoms with Crippen molar-refractivity contribution in [3.8, 4) is 0 Å². The van der Waals surface area contributed by atoms with E-state index in [4.69, 9.17) is 7.85 Å². The first-order chi connectivity index (χ1) is 4.22. The molecule has 46 valence electrons. The molecule has 0 aliphatic carbocycles. The van der Waals surface area contributed by atoms with Gasteiger partial charge in [-0.15, -0.1) is 0 Å². The van der Waals surface area contributed by atoms with E-state index in [1.807, 2.05) is 26.0 Å². The van der Waals surface area contributed by atoms with Crippen molar-refractivity contribution in [3.05, 3.63) is 35.9 Å². The molecule has 0 saturated heterocycles. The van der Waals surface area contributed by atoms with E-state index in [2.05, 4.69) is 6.58 Å². The van der Waals surface area contributed by atoms with Crippen molar-refractivity contribution in [2.24, 2.45) is 0 Å². The molecule has 9 heavy (non-hydrogen) atoms. The Kier molecular flexibility index (Phi) is 3.86. The highest BCUT2D eigenvalue weighted by molar-refractivity contribution is 6.24. The van der Waals surface area contributed by atoms with Crippen LogP contribution >= 0.6 is 0 Å². The summed E-state index contributed by atoms with van der Waals surface area (Å²) >= 11 is 0. The summed E-state index contributed by atoms with van der Waals surface area (Å²) in [6.45, 7) is 7.46. The Balaban J connectivity index is 4.27. The summed E-state index contributed by atoms with van der Waals surface area (Å²) in [7, 11) is 5.56. The quantitative estimate of drug-likeness (QED) is 0.385. The molecule has 0 aromatic rings. The SMILES string of the molecule is [B]C(/C=C\C)=C(\C)C=C. The van der Waals surface area contributed by atoms with E-state index in [-0.39, 0.29) is 0 Å². The fourth-order valence-electron chi connectivity index (χ4n) is 0.429. The Morgan fingerprint density at radius 1 is 1.56 bits per heavy atom. The van der Waals surface area contributed by atoms with Crippen molar-refractivity contribution in [1.82, 2.24) is 0 Å². The summed E-state index contributed by atoms with van der Waals surface area (Å²) in [5, 5.41) is 0. The lowest BCUT2D eigenvalue weighted by Gasteiger charge is -1.94. The summed E-state index contributed by atoms with van der Waals surface area (Å²) < 4.78 is 0. The van der Waals surface area contributed by atoms with E-state index in [1.54, 1.807) is 6.08 Å². The maximum atomic E-state index is 5.56. The molecule has 0 aliphatic rings. The van der Waals surface area contributed by atoms with Crippen LogP contribution < -0.4 is 0 Å². The Bertz CT molecular complexity index is 152. The molecule has 0 aromatic carbocycles. The molecule has 0 aliphatic heterocycles. The van der Waals surface area contributed by atoms with Crippen LogP contribution in [0.5, 0.6) is 0 Å². The third kappa shape index (κ3) is 2.96. The smallest absolute Gasteiger partial charge is 0.0988 e. The van der Waals surface area contributed by atoms with Gasteiger partial charge in [-0.2, -0.15) is 0 Å². The summed E-state index contributed by atoms with van der Waals surface area (Å²) in [5.41, 5.74) is 1.81. The van der Waals surface area contributed by atoms with Crippen molar-refractivity contribution >= 4 is 7.85 Å². The summed E-state index contributed by atoms with van der Waals surface area (Å²) in [6, 6.07) is 0. The molecule has 0 N–H and O–H groups in total. The summed E-state index contributed by atoms with van der Waals surface area (Å²) in [6.07, 6.45) is 5.51. The highest BCUT2D eigenvalue weighted by Crippen LogP contribution is 2.01. The van der Waals surface area contributed by atoms with Gasteiger partial charge in [-0.25, -0.2) is 0 Å². The number of rotatable bonds is 2. The Labute approximate surface area is 58.4 Å². The van der Waals surface area contributed by atoms with E-state index in [9.17, 15) is 0 Å². The highest BCUT2D eigenvalue weighted by atomic mass is 13.8. The van der Waals surface area contributed by atoms with Crippen LogP contribution in [0.3, 0.4) is 0 Å². The van der Waals surface area contributed by atoms with Crippen LogP contribution in [0.2, 0.25) is 0 Å². The molecule has 0 amide bonds. The maximum absolute atomic E-state index is 5.56. The number of allylic oxidation sites excluding steroid dienone is 5. The van der Waals surface area contributed by atoms with Gasteiger partial charge >= 0.3 is 0 Å². The Hall–Kier alpha value is -0.715. The van der Waals surface area contributed by atoms with Gasteiger partial charge in [0.25, 0.3) is 0 Å². The van der Waals surface area contributed by atoms with Gasteiger partial charge in [-0.3, -0.25) is 0 Å². The number of hydrogen-bond acceptors (Lipinski definition) is 0. The van der Waals surface area contributed by atoms with Gasteiger partial charge < -0.3 is 0 Å². The normalized spacial score (nSPS) is 13.6. The topological polar surface area (TPSA) is 0 Å². The van der Waals surface area contributed by atoms with Crippen LogP contribution in [0.25, 0.3) is 0 Å². The molecule has 0 unspecified atom stereocenters. The zero-order valence-corrected chi connectivity index (χ0v) is 6.02. The monoisotopic (exact) mass is 118 g/mol. The van der Waals surface area contributed by atoms with E-state index in [0.717, 1.165) is 11.0 Å². The number of hydrogen-bond donors (Lipinski definition) is 0. The average molecular weight is 118 g/mol. The third-order valence-electron chi connectivity index (χ3n) is 1.11. The average Bonchev–Trinajstić information content (AvgIpc) is 1.87. The second-order valence-corrected chi connectivity index (χ2v) is 1.84. The van der Waals surface area contributed by atoms with Crippen LogP contribution in [0.4, 0.5) is 0 Å². The second-order valence-electron chi connectivity index (χ2n) is 1.84. The van der Waals surface area contributed by atoms with Crippen LogP contribution in [0, 0.1) is 0 Å². The summed E-state index contributed by atoms with van der Waals surface area (Å²) in [5.74, 6) is 0. The van der Waals surface area contributed by atoms with Gasteiger partial charge in [0.2, 0.25) is 0 Å². The van der Waals surface area contributed by atoms with Gasteiger partial charge in [0, 0.05) is 0 Å². The fourth-order valence-corrected chi connectivity index (χ4v) is 0.429. The molecule has 0 nitrogen and oxygen atoms in total. The first kappa shape index (κ1) is 8.28. The largest absolute Gasteiger partial charge is 0.114 e. The van der Waals surface area contributed by atoms with Crippen LogP contribution in [0.1, 0.15) is 13.8 Å². The zero-order valence-electron chi connectivity index (χ0n) is 6.02. The van der Waals surface area contributed by atoms with Gasteiger partial charge in [0.15, 0.2) is 0 Å². The van der Waals surface area contributed by atoms with Gasteiger partial charge in [0.05, 0.1) is 0 Å². The molecule has 0 heterocycles. The van der Waals surface area contributed by atoms with Crippen molar-refractivity contribution in [3.63, 3.8) is 0 Å². The van der Waals surface area contributed by atoms with Crippen molar-refractivity contribution in [2.45, 2.75) is 13.8 Å². The minimum Gasteiger partial charge on any atom is -0.0988 e. The molecule has 0 atom stereocenters. The van der Waals surface area contributed by atoms with Crippen molar-refractivity contribution in [2.75, 3.05) is 0 Å². The zero-order chi connectivity index (χ0) is 7.28. The minimum absolute atomic E-state index is 0.785. The molecule has 2 radical (unpaired) electrons. The molecule has 0 bridgehead atoms. The molecule has 0 rings (SSSR count). The minimum atomic E-state index is 0.785. The van der Waals surface area contributed by atoms with Gasteiger partial charge in [-0.05, 0) is 13.8 Å². The van der Waals surface area contributed by atoms with Crippen LogP contribution in [-0.2, 0) is 0 Å². The predicted molar refractivity (Wildman–Crippen MR) is 43.5 cm³/mol. The van der Waals surface area contributed by atoms with Crippen molar-refractivity contribution in [1.29, 1.82) is 0 Å². The van der Waals surface area contributed by atoms with E-state index in [1.165, 1.54) is 0 Å². The third-order valence-corrected chi connectivity index (χ3v) is 1.11. The van der Waals surface area contributed by atoms with E-state index >= 15 is 0 Å². The molecule has 0 fully saturated rings. The molecule has 1 heteroatoms. The second kappa shape index (κ2) is 4.19. The lowest BCUT2D eigenvalue weighted by molar-refractivity contribution is 1.50. The molecule has 0 aromatic heterocycles. The first-order valence-corrected chi connectivity index (χ1v) is 2.93. The molecule has 0 spiro atoms. The molecular weight excluding hydrogens is 107 g/mol. The maximum Gasteiger partial charge on any atom is 0.114 e. The first-order valence-electron chi connectivity index (χ1n) is 2.93. The summed E-state index contributed by atoms with van der Waals surface area (Å²) in [4.78, 5) is 0. The Morgan fingerprint density at radius 3 is 2.44 bits per heavy atom. The van der Waals surface area contributed by atoms with Crippen LogP contribution in [0.15, 0.2) is 35.9 Å². The molecule has 0 saturated carbocycles. The van der Waals surface area contributed by atoms with Gasteiger partial charge in [0.1, 0.15) is 7.85 Å². The van der Waals surface area contributed by atoms with E-state index in [0.29, 0.717) is 0 Å². The van der Waals surface area contributed by atoms with Gasteiger partial charge in [-0.1, -0.05) is 35.9 Å².